The highest BCUT2D eigenvalue weighted by molar-refractivity contribution is 5.96. The standard InChI is InChI=1S/C17H23FN4O.ClH/c1-4-9-19-10-11-20-17(23)16-12(2)21-22(13(16)3)15-7-5-14(18)6-8-15;/h5-8,19H,4,9-11H2,1-3H3,(H,20,23);1H. The number of hydrogen-bond acceptors (Lipinski definition) is 3. The number of carbonyl (C=O) groups excluding carboxylic acids is 1. The largest absolute Gasteiger partial charge is 0.351 e. The molecule has 0 aliphatic heterocycles. The predicted octanol–water partition coefficient (Wildman–Crippen LogP) is 2.78. The van der Waals surface area contributed by atoms with Crippen molar-refractivity contribution >= 4 is 18.3 Å². The van der Waals surface area contributed by atoms with Crippen LogP contribution in [0, 0.1) is 19.7 Å². The van der Waals surface area contributed by atoms with Crippen molar-refractivity contribution in [3.8, 4) is 5.69 Å². The Morgan fingerprint density at radius 3 is 2.46 bits per heavy atom. The SMILES string of the molecule is CCCNCCNC(=O)c1c(C)nn(-c2ccc(F)cc2)c1C.Cl. The van der Waals surface area contributed by atoms with Gasteiger partial charge in [-0.15, -0.1) is 12.4 Å². The van der Waals surface area contributed by atoms with Crippen molar-refractivity contribution < 1.29 is 9.18 Å². The average molecular weight is 355 g/mol. The maximum absolute atomic E-state index is 13.0. The highest BCUT2D eigenvalue weighted by atomic mass is 35.5. The van der Waals surface area contributed by atoms with Crippen molar-refractivity contribution in [1.82, 2.24) is 20.4 Å². The van der Waals surface area contributed by atoms with E-state index in [9.17, 15) is 9.18 Å². The summed E-state index contributed by atoms with van der Waals surface area (Å²) in [6.07, 6.45) is 1.07. The zero-order chi connectivity index (χ0) is 16.8. The molecular formula is C17H24ClFN4O. The van der Waals surface area contributed by atoms with E-state index in [2.05, 4.69) is 22.7 Å². The van der Waals surface area contributed by atoms with Gasteiger partial charge in [0, 0.05) is 13.1 Å². The first kappa shape index (κ1) is 20.1. The van der Waals surface area contributed by atoms with E-state index in [1.165, 1.54) is 12.1 Å². The summed E-state index contributed by atoms with van der Waals surface area (Å²) in [6.45, 7) is 7.99. The quantitative estimate of drug-likeness (QED) is 0.752. The van der Waals surface area contributed by atoms with E-state index in [1.54, 1.807) is 23.7 Å². The van der Waals surface area contributed by atoms with Crippen molar-refractivity contribution in [3.05, 3.63) is 47.0 Å². The monoisotopic (exact) mass is 354 g/mol. The lowest BCUT2D eigenvalue weighted by Gasteiger charge is -2.07. The highest BCUT2D eigenvalue weighted by Gasteiger charge is 2.19. The van der Waals surface area contributed by atoms with E-state index in [4.69, 9.17) is 0 Å². The number of aromatic nitrogens is 2. The fraction of sp³-hybridized carbons (Fsp3) is 0.412. The molecule has 0 radical (unpaired) electrons. The van der Waals surface area contributed by atoms with Crippen molar-refractivity contribution in [2.45, 2.75) is 27.2 Å². The molecule has 0 saturated heterocycles. The van der Waals surface area contributed by atoms with Crippen molar-refractivity contribution in [1.29, 1.82) is 0 Å². The van der Waals surface area contributed by atoms with Crippen LogP contribution in [0.1, 0.15) is 35.1 Å². The summed E-state index contributed by atoms with van der Waals surface area (Å²) in [4.78, 5) is 12.4. The van der Waals surface area contributed by atoms with Crippen molar-refractivity contribution in [2.75, 3.05) is 19.6 Å². The second kappa shape index (κ2) is 9.39. The lowest BCUT2D eigenvalue weighted by atomic mass is 10.2. The summed E-state index contributed by atoms with van der Waals surface area (Å²) >= 11 is 0. The van der Waals surface area contributed by atoms with Crippen LogP contribution in [-0.4, -0.2) is 35.3 Å². The second-order valence-electron chi connectivity index (χ2n) is 5.44. The number of nitrogens with zero attached hydrogens (tertiary/aromatic N) is 2. The molecular weight excluding hydrogens is 331 g/mol. The van der Waals surface area contributed by atoms with Gasteiger partial charge < -0.3 is 10.6 Å². The first-order valence-electron chi connectivity index (χ1n) is 7.85. The van der Waals surface area contributed by atoms with Crippen LogP contribution in [0.3, 0.4) is 0 Å². The first-order chi connectivity index (χ1) is 11.0. The Morgan fingerprint density at radius 2 is 1.83 bits per heavy atom. The molecule has 0 saturated carbocycles. The van der Waals surface area contributed by atoms with Gasteiger partial charge in [0.1, 0.15) is 5.82 Å². The van der Waals surface area contributed by atoms with E-state index in [-0.39, 0.29) is 24.1 Å². The normalized spacial score (nSPS) is 10.3. The van der Waals surface area contributed by atoms with Crippen molar-refractivity contribution in [2.24, 2.45) is 0 Å². The minimum absolute atomic E-state index is 0. The van der Waals surface area contributed by atoms with Gasteiger partial charge in [0.05, 0.1) is 22.6 Å². The smallest absolute Gasteiger partial charge is 0.255 e. The molecule has 5 nitrogen and oxygen atoms in total. The van der Waals surface area contributed by atoms with Crippen LogP contribution in [0.15, 0.2) is 24.3 Å². The third-order valence-corrected chi connectivity index (χ3v) is 3.60. The lowest BCUT2D eigenvalue weighted by molar-refractivity contribution is 0.0952. The average Bonchev–Trinajstić information content (AvgIpc) is 2.82. The molecule has 0 bridgehead atoms. The third kappa shape index (κ3) is 4.79. The third-order valence-electron chi connectivity index (χ3n) is 3.60. The molecule has 132 valence electrons. The molecule has 0 atom stereocenters. The molecule has 1 heterocycles. The van der Waals surface area contributed by atoms with Gasteiger partial charge >= 0.3 is 0 Å². The zero-order valence-corrected chi connectivity index (χ0v) is 15.0. The number of amides is 1. The van der Waals surface area contributed by atoms with Crippen molar-refractivity contribution in [3.63, 3.8) is 0 Å². The number of hydrogen-bond donors (Lipinski definition) is 2. The minimum Gasteiger partial charge on any atom is -0.351 e. The molecule has 2 N–H and O–H groups in total. The molecule has 0 spiro atoms. The van der Waals surface area contributed by atoms with Crippen LogP contribution < -0.4 is 10.6 Å². The Balaban J connectivity index is 0.00000288. The van der Waals surface area contributed by atoms with Crippen LogP contribution >= 0.6 is 12.4 Å². The van der Waals surface area contributed by atoms with E-state index >= 15 is 0 Å². The summed E-state index contributed by atoms with van der Waals surface area (Å²) < 4.78 is 14.7. The number of rotatable bonds is 7. The number of halogens is 2. The summed E-state index contributed by atoms with van der Waals surface area (Å²) in [5.41, 5.74) is 2.71. The van der Waals surface area contributed by atoms with Gasteiger partial charge in [-0.2, -0.15) is 5.10 Å². The summed E-state index contributed by atoms with van der Waals surface area (Å²) in [7, 11) is 0. The molecule has 7 heteroatoms. The fourth-order valence-electron chi connectivity index (χ4n) is 2.46. The minimum atomic E-state index is -0.298. The van der Waals surface area contributed by atoms with Gasteiger partial charge in [0.2, 0.25) is 0 Å². The van der Waals surface area contributed by atoms with Crippen LogP contribution in [0.2, 0.25) is 0 Å². The Labute approximate surface area is 148 Å². The topological polar surface area (TPSA) is 58.9 Å². The molecule has 0 unspecified atom stereocenters. The predicted molar refractivity (Wildman–Crippen MR) is 95.7 cm³/mol. The Morgan fingerprint density at radius 1 is 1.17 bits per heavy atom. The van der Waals surface area contributed by atoms with Crippen LogP contribution in [-0.2, 0) is 0 Å². The fourth-order valence-corrected chi connectivity index (χ4v) is 2.46. The summed E-state index contributed by atoms with van der Waals surface area (Å²) in [5.74, 6) is -0.431. The van der Waals surface area contributed by atoms with Gasteiger partial charge in [0.25, 0.3) is 5.91 Å². The Kier molecular flexibility index (Phi) is 7.88. The number of nitrogens with one attached hydrogen (secondary N) is 2. The number of aryl methyl sites for hydroxylation is 1. The maximum atomic E-state index is 13.0. The van der Waals surface area contributed by atoms with Gasteiger partial charge in [0.15, 0.2) is 0 Å². The molecule has 1 aromatic heterocycles. The summed E-state index contributed by atoms with van der Waals surface area (Å²) in [6, 6.07) is 6.05. The molecule has 0 aliphatic carbocycles. The highest BCUT2D eigenvalue weighted by Crippen LogP contribution is 2.18. The Hall–Kier alpha value is -1.92. The molecule has 24 heavy (non-hydrogen) atoms. The van der Waals surface area contributed by atoms with E-state index in [1.807, 2.05) is 6.92 Å². The van der Waals surface area contributed by atoms with E-state index in [0.717, 1.165) is 30.9 Å². The van der Waals surface area contributed by atoms with Crippen LogP contribution in [0.5, 0.6) is 0 Å². The number of carbonyl (C=O) groups is 1. The van der Waals surface area contributed by atoms with Gasteiger partial charge in [-0.3, -0.25) is 4.79 Å². The Bertz CT molecular complexity index is 670. The zero-order valence-electron chi connectivity index (χ0n) is 14.2. The molecule has 1 amide bonds. The van der Waals surface area contributed by atoms with Gasteiger partial charge in [-0.1, -0.05) is 6.92 Å². The van der Waals surface area contributed by atoms with Crippen LogP contribution in [0.25, 0.3) is 5.69 Å². The molecule has 0 fully saturated rings. The second-order valence-corrected chi connectivity index (χ2v) is 5.44. The first-order valence-corrected chi connectivity index (χ1v) is 7.85. The lowest BCUT2D eigenvalue weighted by Crippen LogP contribution is -2.32. The molecule has 0 aliphatic rings. The van der Waals surface area contributed by atoms with E-state index < -0.39 is 0 Å². The maximum Gasteiger partial charge on any atom is 0.255 e. The molecule has 2 aromatic rings. The molecule has 2 rings (SSSR count). The van der Waals surface area contributed by atoms with Crippen LogP contribution in [0.4, 0.5) is 4.39 Å². The van der Waals surface area contributed by atoms with Gasteiger partial charge in [-0.05, 0) is 51.1 Å². The number of benzene rings is 1. The van der Waals surface area contributed by atoms with Gasteiger partial charge in [-0.25, -0.2) is 9.07 Å². The molecule has 1 aromatic carbocycles. The summed E-state index contributed by atoms with van der Waals surface area (Å²) in [5, 5.41) is 10.5. The van der Waals surface area contributed by atoms with E-state index in [0.29, 0.717) is 17.8 Å².